The lowest BCUT2D eigenvalue weighted by atomic mass is 9.95. The van der Waals surface area contributed by atoms with Crippen molar-refractivity contribution in [3.63, 3.8) is 0 Å². The Morgan fingerprint density at radius 1 is 1.12 bits per heavy atom. The van der Waals surface area contributed by atoms with Crippen molar-refractivity contribution in [2.75, 3.05) is 27.3 Å². The van der Waals surface area contributed by atoms with Crippen LogP contribution < -0.4 is 0 Å². The zero-order valence-corrected chi connectivity index (χ0v) is 19.1. The maximum Gasteiger partial charge on any atom is 0.337 e. The summed E-state index contributed by atoms with van der Waals surface area (Å²) in [5.41, 5.74) is 2.33. The summed E-state index contributed by atoms with van der Waals surface area (Å²) in [7, 11) is 2.68. The molecule has 172 valence electrons. The molecule has 1 heterocycles. The molecule has 2 aromatic carbocycles. The van der Waals surface area contributed by atoms with Crippen LogP contribution in [-0.2, 0) is 20.7 Å². The van der Waals surface area contributed by atoms with E-state index in [4.69, 9.17) is 21.7 Å². The van der Waals surface area contributed by atoms with E-state index in [0.29, 0.717) is 30.1 Å². The van der Waals surface area contributed by atoms with Crippen molar-refractivity contribution in [1.29, 1.82) is 0 Å². The van der Waals surface area contributed by atoms with Crippen molar-refractivity contribution in [1.82, 2.24) is 4.90 Å². The zero-order chi connectivity index (χ0) is 24.0. The first-order valence-corrected chi connectivity index (χ1v) is 10.7. The summed E-state index contributed by atoms with van der Waals surface area (Å²) in [4.78, 5) is 36.9. The summed E-state index contributed by atoms with van der Waals surface area (Å²) in [6.45, 7) is 1.14. The molecule has 33 heavy (non-hydrogen) atoms. The van der Waals surface area contributed by atoms with Gasteiger partial charge >= 0.3 is 11.9 Å². The van der Waals surface area contributed by atoms with Gasteiger partial charge in [-0.1, -0.05) is 48.6 Å². The van der Waals surface area contributed by atoms with E-state index in [-0.39, 0.29) is 17.6 Å². The van der Waals surface area contributed by atoms with Crippen LogP contribution in [0.4, 0.5) is 5.69 Å². The summed E-state index contributed by atoms with van der Waals surface area (Å²) in [5.74, 6) is -1.51. The number of hydrogen-bond acceptors (Lipinski definition) is 7. The summed E-state index contributed by atoms with van der Waals surface area (Å²) >= 11 is 5.59. The van der Waals surface area contributed by atoms with E-state index in [1.165, 1.54) is 26.4 Å². The number of carbonyl (C=O) groups is 2. The van der Waals surface area contributed by atoms with Crippen molar-refractivity contribution in [3.05, 3.63) is 81.4 Å². The van der Waals surface area contributed by atoms with E-state index in [9.17, 15) is 19.7 Å². The number of benzene rings is 2. The molecule has 1 aliphatic heterocycles. The van der Waals surface area contributed by atoms with E-state index in [2.05, 4.69) is 0 Å². The number of thiocarbonyl (C=S) groups is 1. The molecule has 1 fully saturated rings. The maximum atomic E-state index is 12.4. The number of non-ortho nitro benzene ring substituents is 1. The van der Waals surface area contributed by atoms with Gasteiger partial charge in [-0.05, 0) is 29.7 Å². The molecule has 3 rings (SSSR count). The Labute approximate surface area is 196 Å². The number of ether oxygens (including phenoxy) is 2. The minimum Gasteiger partial charge on any atom is -0.468 e. The molecule has 0 aliphatic carbocycles. The number of methoxy groups -OCH3 is 2. The second-order valence-electron chi connectivity index (χ2n) is 7.60. The van der Waals surface area contributed by atoms with Crippen LogP contribution in [0, 0.1) is 22.0 Å². The van der Waals surface area contributed by atoms with Gasteiger partial charge in [-0.2, -0.15) is 0 Å². The summed E-state index contributed by atoms with van der Waals surface area (Å²) < 4.78 is 9.69. The van der Waals surface area contributed by atoms with Crippen LogP contribution in [0.5, 0.6) is 0 Å². The lowest BCUT2D eigenvalue weighted by molar-refractivity contribution is -0.384. The first-order valence-electron chi connectivity index (χ1n) is 10.3. The monoisotopic (exact) mass is 468 g/mol. The van der Waals surface area contributed by atoms with Crippen molar-refractivity contribution in [2.24, 2.45) is 11.8 Å². The highest BCUT2D eigenvalue weighted by atomic mass is 32.1. The Hall–Kier alpha value is -3.59. The minimum atomic E-state index is -0.563. The Morgan fingerprint density at radius 3 is 2.36 bits per heavy atom. The average molecular weight is 469 g/mol. The fourth-order valence-corrected chi connectivity index (χ4v) is 4.17. The third kappa shape index (κ3) is 5.81. The normalized spacial score (nSPS) is 17.9. The quantitative estimate of drug-likeness (QED) is 0.250. The highest BCUT2D eigenvalue weighted by Crippen LogP contribution is 2.29. The van der Waals surface area contributed by atoms with Gasteiger partial charge in [0.25, 0.3) is 5.69 Å². The van der Waals surface area contributed by atoms with Gasteiger partial charge in [-0.25, -0.2) is 4.79 Å². The van der Waals surface area contributed by atoms with Gasteiger partial charge in [0.2, 0.25) is 0 Å². The molecule has 1 aliphatic rings. The molecule has 0 amide bonds. The zero-order valence-electron chi connectivity index (χ0n) is 18.3. The molecule has 9 heteroatoms. The molecule has 0 N–H and O–H groups in total. The smallest absolute Gasteiger partial charge is 0.337 e. The van der Waals surface area contributed by atoms with Crippen molar-refractivity contribution < 1.29 is 24.0 Å². The minimum absolute atomic E-state index is 0.0472. The van der Waals surface area contributed by atoms with Gasteiger partial charge in [0, 0.05) is 31.1 Å². The molecule has 2 aromatic rings. The van der Waals surface area contributed by atoms with Crippen molar-refractivity contribution in [2.45, 2.75) is 6.42 Å². The average Bonchev–Trinajstić information content (AvgIpc) is 3.15. The van der Waals surface area contributed by atoms with E-state index in [1.807, 2.05) is 17.1 Å². The molecule has 0 bridgehead atoms. The number of nitro benzene ring substituents is 1. The molecule has 0 saturated carbocycles. The number of nitrogens with zero attached hydrogens (tertiary/aromatic N) is 2. The Kier molecular flexibility index (Phi) is 7.89. The van der Waals surface area contributed by atoms with E-state index >= 15 is 0 Å². The second-order valence-corrected chi connectivity index (χ2v) is 8.01. The Balaban J connectivity index is 1.69. The second kappa shape index (κ2) is 10.8. The highest BCUT2D eigenvalue weighted by molar-refractivity contribution is 7.80. The molecule has 0 radical (unpaired) electrons. The van der Waals surface area contributed by atoms with Gasteiger partial charge < -0.3 is 14.4 Å². The number of likely N-dealkylation sites (tertiary alicyclic amines) is 1. The van der Waals surface area contributed by atoms with Crippen LogP contribution in [0.15, 0.2) is 54.6 Å². The summed E-state index contributed by atoms with van der Waals surface area (Å²) in [6.07, 6.45) is 4.47. The van der Waals surface area contributed by atoms with Gasteiger partial charge in [0.05, 0.1) is 29.7 Å². The molecule has 2 atom stereocenters. The lowest BCUT2D eigenvalue weighted by Gasteiger charge is -2.18. The molecular formula is C24H24N2O6S. The van der Waals surface area contributed by atoms with Crippen LogP contribution in [0.25, 0.3) is 6.08 Å². The topological polar surface area (TPSA) is 99.0 Å². The highest BCUT2D eigenvalue weighted by Gasteiger charge is 2.41. The maximum absolute atomic E-state index is 12.4. The lowest BCUT2D eigenvalue weighted by Crippen LogP contribution is -2.31. The predicted molar refractivity (Wildman–Crippen MR) is 127 cm³/mol. The number of carbonyl (C=O) groups excluding carboxylic acids is 2. The molecule has 1 saturated heterocycles. The van der Waals surface area contributed by atoms with Crippen molar-refractivity contribution >= 4 is 40.9 Å². The fraction of sp³-hybridized carbons (Fsp3) is 0.292. The standard InChI is InChI=1S/C24H24N2O6S/c1-31-23(27)18-8-3-16(4-9-18)5-10-19-15-25(22(33)21(19)24(28)32-2)14-13-17-6-11-20(12-7-17)26(29)30/h3-12,19,21H,13-15H2,1-2H3/b10-5+. The molecule has 8 nitrogen and oxygen atoms in total. The number of rotatable bonds is 8. The van der Waals surface area contributed by atoms with E-state index < -0.39 is 16.8 Å². The van der Waals surface area contributed by atoms with Gasteiger partial charge in [0.1, 0.15) is 5.92 Å². The summed E-state index contributed by atoms with van der Waals surface area (Å²) in [5, 5.41) is 10.8. The SMILES string of the molecule is COC(=O)c1ccc(/C=C/C2CN(CCc3ccc([N+](=O)[O-])cc3)C(=S)C2C(=O)OC)cc1. The third-order valence-electron chi connectivity index (χ3n) is 5.58. The molecule has 0 spiro atoms. The first kappa shape index (κ1) is 24.1. The van der Waals surface area contributed by atoms with Crippen LogP contribution >= 0.6 is 12.2 Å². The molecular weight excluding hydrogens is 444 g/mol. The number of nitro groups is 1. The van der Waals surface area contributed by atoms with E-state index in [0.717, 1.165) is 11.1 Å². The molecule has 2 unspecified atom stereocenters. The van der Waals surface area contributed by atoms with Crippen molar-refractivity contribution in [3.8, 4) is 0 Å². The third-order valence-corrected chi connectivity index (χ3v) is 6.09. The number of esters is 2. The van der Waals surface area contributed by atoms with Crippen LogP contribution in [0.3, 0.4) is 0 Å². The molecule has 0 aromatic heterocycles. The number of hydrogen-bond donors (Lipinski definition) is 0. The van der Waals surface area contributed by atoms with Crippen LogP contribution in [0.2, 0.25) is 0 Å². The van der Waals surface area contributed by atoms with Crippen LogP contribution in [0.1, 0.15) is 21.5 Å². The van der Waals surface area contributed by atoms with Gasteiger partial charge in [0.15, 0.2) is 0 Å². The Bertz CT molecular complexity index is 1070. The van der Waals surface area contributed by atoms with Gasteiger partial charge in [-0.15, -0.1) is 0 Å². The van der Waals surface area contributed by atoms with E-state index in [1.54, 1.807) is 36.4 Å². The van der Waals surface area contributed by atoms with Crippen LogP contribution in [-0.4, -0.2) is 54.1 Å². The van der Waals surface area contributed by atoms with Gasteiger partial charge in [-0.3, -0.25) is 14.9 Å². The predicted octanol–water partition coefficient (Wildman–Crippen LogP) is 3.69. The largest absolute Gasteiger partial charge is 0.468 e. The fourth-order valence-electron chi connectivity index (χ4n) is 3.74. The summed E-state index contributed by atoms with van der Waals surface area (Å²) in [6, 6.07) is 13.4. The Morgan fingerprint density at radius 2 is 1.79 bits per heavy atom. The first-order chi connectivity index (χ1) is 15.8.